The molecule has 2 aromatic heterocycles. The highest BCUT2D eigenvalue weighted by atomic mass is 15.2. The maximum absolute atomic E-state index is 4.83. The van der Waals surface area contributed by atoms with Crippen molar-refractivity contribution in [3.8, 4) is 0 Å². The Morgan fingerprint density at radius 1 is 0.704 bits per heavy atom. The smallest absolute Gasteiger partial charge is 0.141 e. The molecule has 27 heavy (non-hydrogen) atoms. The van der Waals surface area contributed by atoms with Gasteiger partial charge in [-0.25, -0.2) is 9.97 Å². The van der Waals surface area contributed by atoms with Gasteiger partial charge in [0.25, 0.3) is 0 Å². The maximum atomic E-state index is 4.83. The van der Waals surface area contributed by atoms with E-state index in [0.717, 1.165) is 37.3 Å². The molecule has 1 aliphatic carbocycles. The molecule has 136 valence electrons. The second kappa shape index (κ2) is 6.80. The Bertz CT molecular complexity index is 945. The molecule has 2 aliphatic rings. The van der Waals surface area contributed by atoms with Gasteiger partial charge in [0.05, 0.1) is 5.69 Å². The predicted octanol–water partition coefficient (Wildman–Crippen LogP) is 5.62. The molecule has 0 spiro atoms. The molecule has 0 unspecified atom stereocenters. The quantitative estimate of drug-likeness (QED) is 0.567. The fourth-order valence-corrected chi connectivity index (χ4v) is 4.69. The van der Waals surface area contributed by atoms with Crippen LogP contribution in [0.4, 0.5) is 17.3 Å². The highest BCUT2D eigenvalue weighted by Crippen LogP contribution is 2.42. The molecule has 5 rings (SSSR count). The van der Waals surface area contributed by atoms with Gasteiger partial charge in [0, 0.05) is 12.4 Å². The van der Waals surface area contributed by atoms with Crippen LogP contribution in [0.3, 0.4) is 0 Å². The number of rotatable bonds is 1. The third-order valence-corrected chi connectivity index (χ3v) is 6.04. The monoisotopic (exact) mass is 355 g/mol. The van der Waals surface area contributed by atoms with E-state index in [1.807, 2.05) is 12.4 Å². The summed E-state index contributed by atoms with van der Waals surface area (Å²) in [5.41, 5.74) is 8.36. The van der Waals surface area contributed by atoms with Crippen LogP contribution in [0.25, 0.3) is 0 Å². The molecule has 3 nitrogen and oxygen atoms in total. The Morgan fingerprint density at radius 3 is 2.00 bits per heavy atom. The number of nitrogens with zero attached hydrogens (tertiary/aromatic N) is 3. The normalized spacial score (nSPS) is 16.0. The van der Waals surface area contributed by atoms with Crippen LogP contribution in [0.1, 0.15) is 47.1 Å². The number of hydrogen-bond acceptors (Lipinski definition) is 3. The standard InChI is InChI=1S/C24H25N3/c1-17-13-14-22(21-12-3-2-11-20(17)21)27-23-18(9-5-15-25-23)7-4-8-19-10-6-16-26-24(19)27/h5-6,9-10,13-16H,2-4,7-8,11-12H2,1H3. The van der Waals surface area contributed by atoms with Gasteiger partial charge in [0.1, 0.15) is 11.6 Å². The zero-order valence-corrected chi connectivity index (χ0v) is 15.9. The van der Waals surface area contributed by atoms with Crippen molar-refractivity contribution < 1.29 is 0 Å². The Balaban J connectivity index is 1.79. The van der Waals surface area contributed by atoms with E-state index in [1.54, 1.807) is 0 Å². The summed E-state index contributed by atoms with van der Waals surface area (Å²) in [7, 11) is 0. The molecule has 0 amide bonds. The number of hydrogen-bond donors (Lipinski definition) is 0. The van der Waals surface area contributed by atoms with Gasteiger partial charge in [-0.05, 0) is 97.9 Å². The van der Waals surface area contributed by atoms with E-state index < -0.39 is 0 Å². The van der Waals surface area contributed by atoms with Crippen molar-refractivity contribution in [3.05, 3.63) is 76.6 Å². The minimum absolute atomic E-state index is 1.05. The average Bonchev–Trinajstić information content (AvgIpc) is 2.70. The van der Waals surface area contributed by atoms with Crippen LogP contribution in [0.15, 0.2) is 48.8 Å². The lowest BCUT2D eigenvalue weighted by Gasteiger charge is -2.32. The molecule has 3 heteroatoms. The molecule has 0 atom stereocenters. The third-order valence-electron chi connectivity index (χ3n) is 6.04. The van der Waals surface area contributed by atoms with Gasteiger partial charge in [-0.1, -0.05) is 18.2 Å². The van der Waals surface area contributed by atoms with Crippen LogP contribution in [0.2, 0.25) is 0 Å². The largest absolute Gasteiger partial charge is 0.278 e. The summed E-state index contributed by atoms with van der Waals surface area (Å²) in [5, 5.41) is 0. The molecule has 3 heterocycles. The van der Waals surface area contributed by atoms with E-state index in [0.29, 0.717) is 0 Å². The first-order chi connectivity index (χ1) is 13.3. The highest BCUT2D eigenvalue weighted by Gasteiger charge is 2.27. The number of anilines is 3. The van der Waals surface area contributed by atoms with Gasteiger partial charge in [-0.15, -0.1) is 0 Å². The van der Waals surface area contributed by atoms with Crippen LogP contribution >= 0.6 is 0 Å². The molecule has 0 N–H and O–H groups in total. The van der Waals surface area contributed by atoms with Gasteiger partial charge in [0.2, 0.25) is 0 Å². The number of pyridine rings is 2. The second-order valence-electron chi connectivity index (χ2n) is 7.73. The van der Waals surface area contributed by atoms with E-state index in [9.17, 15) is 0 Å². The summed E-state index contributed by atoms with van der Waals surface area (Å²) >= 11 is 0. The Hall–Kier alpha value is -2.68. The molecule has 0 bridgehead atoms. The van der Waals surface area contributed by atoms with E-state index in [-0.39, 0.29) is 0 Å². The lowest BCUT2D eigenvalue weighted by Crippen LogP contribution is -2.21. The van der Waals surface area contributed by atoms with E-state index in [4.69, 9.17) is 9.97 Å². The molecule has 0 saturated carbocycles. The number of aromatic nitrogens is 2. The molecule has 1 aliphatic heterocycles. The predicted molar refractivity (Wildman–Crippen MR) is 110 cm³/mol. The lowest BCUT2D eigenvalue weighted by atomic mass is 9.86. The first kappa shape index (κ1) is 16.5. The Morgan fingerprint density at radius 2 is 1.33 bits per heavy atom. The molecule has 1 aromatic carbocycles. The zero-order chi connectivity index (χ0) is 18.2. The van der Waals surface area contributed by atoms with Crippen LogP contribution in [-0.2, 0) is 25.7 Å². The maximum Gasteiger partial charge on any atom is 0.141 e. The summed E-state index contributed by atoms with van der Waals surface area (Å²) in [6, 6.07) is 13.1. The van der Waals surface area contributed by atoms with Gasteiger partial charge in [-0.3, -0.25) is 4.90 Å². The van der Waals surface area contributed by atoms with E-state index in [2.05, 4.69) is 48.2 Å². The number of aryl methyl sites for hydroxylation is 3. The van der Waals surface area contributed by atoms with Gasteiger partial charge in [0.15, 0.2) is 0 Å². The Kier molecular flexibility index (Phi) is 4.16. The van der Waals surface area contributed by atoms with Crippen molar-refractivity contribution in [2.75, 3.05) is 4.90 Å². The molecule has 0 fully saturated rings. The van der Waals surface area contributed by atoms with E-state index in [1.165, 1.54) is 52.8 Å². The zero-order valence-electron chi connectivity index (χ0n) is 15.9. The van der Waals surface area contributed by atoms with E-state index >= 15 is 0 Å². The van der Waals surface area contributed by atoms with Crippen LogP contribution < -0.4 is 4.90 Å². The fraction of sp³-hybridized carbons (Fsp3) is 0.333. The molecule has 0 radical (unpaired) electrons. The fourth-order valence-electron chi connectivity index (χ4n) is 4.69. The molecular formula is C24H25N3. The summed E-state index contributed by atoms with van der Waals surface area (Å²) < 4.78 is 0. The van der Waals surface area contributed by atoms with Gasteiger partial charge >= 0.3 is 0 Å². The van der Waals surface area contributed by atoms with Crippen molar-refractivity contribution in [1.29, 1.82) is 0 Å². The van der Waals surface area contributed by atoms with Crippen LogP contribution in [0.5, 0.6) is 0 Å². The van der Waals surface area contributed by atoms with Crippen molar-refractivity contribution in [2.45, 2.75) is 51.9 Å². The summed E-state index contributed by atoms with van der Waals surface area (Å²) in [6.45, 7) is 2.25. The van der Waals surface area contributed by atoms with Crippen molar-refractivity contribution in [3.63, 3.8) is 0 Å². The summed E-state index contributed by atoms with van der Waals surface area (Å²) in [4.78, 5) is 12.0. The van der Waals surface area contributed by atoms with Crippen molar-refractivity contribution in [2.24, 2.45) is 0 Å². The molecule has 0 saturated heterocycles. The SMILES string of the molecule is Cc1ccc(N2c3ncccc3CCCc3cccnc32)c2c1CCCC2. The first-order valence-electron chi connectivity index (χ1n) is 10.1. The third kappa shape index (κ3) is 2.82. The number of fused-ring (bicyclic) bond motifs is 3. The summed E-state index contributed by atoms with van der Waals surface area (Å²) in [5.74, 6) is 2.10. The molecular weight excluding hydrogens is 330 g/mol. The lowest BCUT2D eigenvalue weighted by molar-refractivity contribution is 0.681. The van der Waals surface area contributed by atoms with Crippen molar-refractivity contribution in [1.82, 2.24) is 9.97 Å². The molecule has 3 aromatic rings. The van der Waals surface area contributed by atoms with Gasteiger partial charge < -0.3 is 0 Å². The topological polar surface area (TPSA) is 29.0 Å². The second-order valence-corrected chi connectivity index (χ2v) is 7.73. The van der Waals surface area contributed by atoms with Gasteiger partial charge in [-0.2, -0.15) is 0 Å². The minimum Gasteiger partial charge on any atom is -0.278 e. The average molecular weight is 355 g/mol. The Labute approximate surface area is 161 Å². The van der Waals surface area contributed by atoms with Crippen LogP contribution in [0, 0.1) is 6.92 Å². The first-order valence-corrected chi connectivity index (χ1v) is 10.1. The number of benzene rings is 1. The minimum atomic E-state index is 1.05. The van der Waals surface area contributed by atoms with Crippen molar-refractivity contribution >= 4 is 17.3 Å². The van der Waals surface area contributed by atoms with Crippen LogP contribution in [-0.4, -0.2) is 9.97 Å². The highest BCUT2D eigenvalue weighted by molar-refractivity contribution is 5.79. The summed E-state index contributed by atoms with van der Waals surface area (Å²) in [6.07, 6.45) is 12.0.